The van der Waals surface area contributed by atoms with Crippen LogP contribution in [0.4, 0.5) is 0 Å². The molecule has 0 bridgehead atoms. The first kappa shape index (κ1) is 11.3. The summed E-state index contributed by atoms with van der Waals surface area (Å²) in [5.41, 5.74) is 0.105. The lowest BCUT2D eigenvalue weighted by molar-refractivity contribution is 0.0572. The molecule has 1 aliphatic heterocycles. The number of halogens is 1. The largest absolute Gasteiger partial charge is 0.388 e. The van der Waals surface area contributed by atoms with E-state index in [1.807, 2.05) is 0 Å². The van der Waals surface area contributed by atoms with Crippen LogP contribution in [0.5, 0.6) is 0 Å². The second-order valence-corrected chi connectivity index (χ2v) is 3.96. The van der Waals surface area contributed by atoms with Gasteiger partial charge in [0, 0.05) is 13.1 Å². The van der Waals surface area contributed by atoms with Crippen LogP contribution in [0.1, 0.15) is 10.5 Å². The molecule has 0 spiro atoms. The van der Waals surface area contributed by atoms with Gasteiger partial charge in [0.15, 0.2) is 0 Å². The molecule has 2 atom stereocenters. The Hall–Kier alpha value is -1.24. The van der Waals surface area contributed by atoms with Crippen LogP contribution in [-0.2, 0) is 0 Å². The zero-order valence-electron chi connectivity index (χ0n) is 8.25. The highest BCUT2D eigenvalue weighted by atomic mass is 35.5. The van der Waals surface area contributed by atoms with Crippen LogP contribution in [-0.4, -0.2) is 56.3 Å². The maximum absolute atomic E-state index is 11.8. The molecule has 1 fully saturated rings. The molecule has 2 N–H and O–H groups in total. The Morgan fingerprint density at radius 3 is 2.56 bits per heavy atom. The lowest BCUT2D eigenvalue weighted by Gasteiger charge is -2.14. The molecule has 2 heterocycles. The van der Waals surface area contributed by atoms with Gasteiger partial charge < -0.3 is 15.1 Å². The Kier molecular flexibility index (Phi) is 3.04. The zero-order chi connectivity index (χ0) is 11.7. The topological polar surface area (TPSA) is 86.6 Å². The van der Waals surface area contributed by atoms with Gasteiger partial charge in [-0.2, -0.15) is 0 Å². The van der Waals surface area contributed by atoms with Gasteiger partial charge in [-0.05, 0) is 0 Å². The van der Waals surface area contributed by atoms with Gasteiger partial charge in [-0.1, -0.05) is 11.6 Å². The van der Waals surface area contributed by atoms with Crippen molar-refractivity contribution < 1.29 is 15.0 Å². The Bertz CT molecular complexity index is 405. The molecule has 2 rings (SSSR count). The third-order valence-corrected chi connectivity index (χ3v) is 2.55. The average molecular weight is 244 g/mol. The Morgan fingerprint density at radius 2 is 2.00 bits per heavy atom. The fraction of sp³-hybridized carbons (Fsp3) is 0.444. The Balaban J connectivity index is 2.14. The maximum atomic E-state index is 11.8. The van der Waals surface area contributed by atoms with E-state index < -0.39 is 18.1 Å². The SMILES string of the molecule is O=C(c1cncc(Cl)n1)N1CC(O)C(O)C1. The molecular weight excluding hydrogens is 234 g/mol. The number of hydrogen-bond donors (Lipinski definition) is 2. The quantitative estimate of drug-likeness (QED) is 0.682. The maximum Gasteiger partial charge on any atom is 0.274 e. The molecule has 1 aliphatic rings. The normalized spacial score (nSPS) is 24.8. The minimum atomic E-state index is -0.906. The number of carbonyl (C=O) groups excluding carboxylic acids is 1. The van der Waals surface area contributed by atoms with Crippen LogP contribution < -0.4 is 0 Å². The molecule has 1 saturated heterocycles. The fourth-order valence-electron chi connectivity index (χ4n) is 1.54. The molecule has 16 heavy (non-hydrogen) atoms. The zero-order valence-corrected chi connectivity index (χ0v) is 9.00. The number of carbonyl (C=O) groups is 1. The first-order chi connectivity index (χ1) is 7.58. The van der Waals surface area contributed by atoms with Crippen molar-refractivity contribution in [3.8, 4) is 0 Å². The summed E-state index contributed by atoms with van der Waals surface area (Å²) in [7, 11) is 0. The highest BCUT2D eigenvalue weighted by Gasteiger charge is 2.33. The molecule has 6 nitrogen and oxygen atoms in total. The van der Waals surface area contributed by atoms with E-state index in [2.05, 4.69) is 9.97 Å². The van der Waals surface area contributed by atoms with E-state index in [-0.39, 0.29) is 23.9 Å². The molecule has 86 valence electrons. The van der Waals surface area contributed by atoms with Crippen molar-refractivity contribution in [2.75, 3.05) is 13.1 Å². The molecule has 0 aliphatic carbocycles. The van der Waals surface area contributed by atoms with Crippen molar-refractivity contribution in [2.45, 2.75) is 12.2 Å². The van der Waals surface area contributed by atoms with Gasteiger partial charge in [-0.3, -0.25) is 9.78 Å². The van der Waals surface area contributed by atoms with Crippen LogP contribution in [0.25, 0.3) is 0 Å². The van der Waals surface area contributed by atoms with Crippen molar-refractivity contribution in [3.05, 3.63) is 23.2 Å². The van der Waals surface area contributed by atoms with Gasteiger partial charge in [0.25, 0.3) is 5.91 Å². The molecule has 0 saturated carbocycles. The number of hydrogen-bond acceptors (Lipinski definition) is 5. The van der Waals surface area contributed by atoms with E-state index in [1.165, 1.54) is 17.3 Å². The number of rotatable bonds is 1. The van der Waals surface area contributed by atoms with Crippen molar-refractivity contribution in [1.82, 2.24) is 14.9 Å². The van der Waals surface area contributed by atoms with Crippen LogP contribution in [0.15, 0.2) is 12.4 Å². The summed E-state index contributed by atoms with van der Waals surface area (Å²) in [6.07, 6.45) is 0.810. The van der Waals surface area contributed by atoms with Crippen LogP contribution in [0.3, 0.4) is 0 Å². The first-order valence-electron chi connectivity index (χ1n) is 4.71. The van der Waals surface area contributed by atoms with Gasteiger partial charge in [0.05, 0.1) is 24.6 Å². The molecule has 1 aromatic heterocycles. The highest BCUT2D eigenvalue weighted by Crippen LogP contribution is 2.13. The molecule has 1 amide bonds. The third-order valence-electron chi connectivity index (χ3n) is 2.37. The van der Waals surface area contributed by atoms with Gasteiger partial charge in [-0.15, -0.1) is 0 Å². The Labute approximate surface area is 96.5 Å². The summed E-state index contributed by atoms with van der Waals surface area (Å²) < 4.78 is 0. The smallest absolute Gasteiger partial charge is 0.274 e. The van der Waals surface area contributed by atoms with Gasteiger partial charge in [0.1, 0.15) is 10.8 Å². The Morgan fingerprint density at radius 1 is 1.38 bits per heavy atom. The lowest BCUT2D eigenvalue weighted by Crippen LogP contribution is -2.30. The number of nitrogens with zero attached hydrogens (tertiary/aromatic N) is 3. The number of likely N-dealkylation sites (tertiary alicyclic amines) is 1. The second-order valence-electron chi connectivity index (χ2n) is 3.57. The summed E-state index contributed by atoms with van der Waals surface area (Å²) in [6, 6.07) is 0. The summed E-state index contributed by atoms with van der Waals surface area (Å²) in [5.74, 6) is -0.398. The van der Waals surface area contributed by atoms with E-state index >= 15 is 0 Å². The van der Waals surface area contributed by atoms with Crippen molar-refractivity contribution in [3.63, 3.8) is 0 Å². The van der Waals surface area contributed by atoms with Gasteiger partial charge >= 0.3 is 0 Å². The first-order valence-corrected chi connectivity index (χ1v) is 5.08. The van der Waals surface area contributed by atoms with Crippen molar-refractivity contribution >= 4 is 17.5 Å². The number of aliphatic hydroxyl groups excluding tert-OH is 2. The molecule has 2 unspecified atom stereocenters. The molecule has 0 aromatic carbocycles. The second kappa shape index (κ2) is 4.32. The minimum Gasteiger partial charge on any atom is -0.388 e. The third kappa shape index (κ3) is 2.13. The number of aliphatic hydroxyl groups is 2. The standard InChI is InChI=1S/C9H10ClN3O3/c10-8-2-11-1-5(12-8)9(16)13-3-6(14)7(15)4-13/h1-2,6-7,14-15H,3-4H2. The van der Waals surface area contributed by atoms with E-state index in [1.54, 1.807) is 0 Å². The predicted molar refractivity (Wildman–Crippen MR) is 55.0 cm³/mol. The summed E-state index contributed by atoms with van der Waals surface area (Å²) >= 11 is 5.61. The van der Waals surface area contributed by atoms with E-state index in [9.17, 15) is 15.0 Å². The molecular formula is C9H10ClN3O3. The fourth-order valence-corrected chi connectivity index (χ4v) is 1.69. The monoisotopic (exact) mass is 243 g/mol. The van der Waals surface area contributed by atoms with Crippen molar-refractivity contribution in [2.24, 2.45) is 0 Å². The lowest BCUT2D eigenvalue weighted by atomic mass is 10.3. The number of amides is 1. The van der Waals surface area contributed by atoms with E-state index in [4.69, 9.17) is 11.6 Å². The van der Waals surface area contributed by atoms with Crippen LogP contribution in [0.2, 0.25) is 5.15 Å². The summed E-state index contributed by atoms with van der Waals surface area (Å²) in [5, 5.41) is 18.8. The molecule has 7 heteroatoms. The predicted octanol–water partition coefficient (Wildman–Crippen LogP) is -0.692. The van der Waals surface area contributed by atoms with Crippen molar-refractivity contribution in [1.29, 1.82) is 0 Å². The van der Waals surface area contributed by atoms with Gasteiger partial charge in [-0.25, -0.2) is 4.98 Å². The highest BCUT2D eigenvalue weighted by molar-refractivity contribution is 6.29. The summed E-state index contributed by atoms with van der Waals surface area (Å²) in [6.45, 7) is 0.183. The minimum absolute atomic E-state index is 0.0915. The van der Waals surface area contributed by atoms with Crippen LogP contribution in [0, 0.1) is 0 Å². The summed E-state index contributed by atoms with van der Waals surface area (Å²) in [4.78, 5) is 20.7. The molecule has 1 aromatic rings. The average Bonchev–Trinajstić information content (AvgIpc) is 2.58. The van der Waals surface area contributed by atoms with Gasteiger partial charge in [0.2, 0.25) is 0 Å². The molecule has 0 radical (unpaired) electrons. The number of aromatic nitrogens is 2. The van der Waals surface area contributed by atoms with E-state index in [0.29, 0.717) is 0 Å². The van der Waals surface area contributed by atoms with E-state index in [0.717, 1.165) is 0 Å². The van der Waals surface area contributed by atoms with Crippen LogP contribution >= 0.6 is 11.6 Å². The number of β-amino-alcohol motifs (C(OH)–C–C–N with tert-alkyl or cyclic N) is 2.